The summed E-state index contributed by atoms with van der Waals surface area (Å²) in [7, 11) is 0. The molecule has 0 atom stereocenters. The molecule has 0 spiro atoms. The zero-order valence-corrected chi connectivity index (χ0v) is 8.94. The Balaban J connectivity index is 2.56. The number of hydrogen-bond acceptors (Lipinski definition) is 2. The number of esters is 1. The van der Waals surface area contributed by atoms with Gasteiger partial charge in [-0.25, -0.2) is 9.18 Å². The van der Waals surface area contributed by atoms with E-state index in [1.807, 2.05) is 18.2 Å². The molecule has 0 unspecified atom stereocenters. The quantitative estimate of drug-likeness (QED) is 0.746. The first kappa shape index (κ1) is 10.7. The van der Waals surface area contributed by atoms with Crippen LogP contribution in [0, 0.1) is 0 Å². The fourth-order valence-electron chi connectivity index (χ4n) is 1.71. The number of hydrogen-bond donors (Lipinski definition) is 0. The van der Waals surface area contributed by atoms with Crippen molar-refractivity contribution in [1.82, 2.24) is 4.57 Å². The average Bonchev–Trinajstić information content (AvgIpc) is 2.67. The van der Waals surface area contributed by atoms with Gasteiger partial charge in [-0.15, -0.1) is 0 Å². The summed E-state index contributed by atoms with van der Waals surface area (Å²) >= 11 is 0. The van der Waals surface area contributed by atoms with Crippen molar-refractivity contribution in [2.45, 2.75) is 13.7 Å². The predicted molar refractivity (Wildman–Crippen MR) is 59.0 cm³/mol. The second kappa shape index (κ2) is 4.35. The van der Waals surface area contributed by atoms with Crippen LogP contribution in [0.1, 0.15) is 17.4 Å². The molecule has 16 heavy (non-hydrogen) atoms. The van der Waals surface area contributed by atoms with Gasteiger partial charge in [-0.05, 0) is 19.1 Å². The van der Waals surface area contributed by atoms with Crippen LogP contribution in [0.25, 0.3) is 10.9 Å². The van der Waals surface area contributed by atoms with Crippen LogP contribution in [-0.2, 0) is 11.5 Å². The molecule has 4 heteroatoms. The Bertz CT molecular complexity index is 519. The van der Waals surface area contributed by atoms with Gasteiger partial charge < -0.3 is 9.30 Å². The summed E-state index contributed by atoms with van der Waals surface area (Å²) in [6, 6.07) is 8.91. The number of carbonyl (C=O) groups is 1. The summed E-state index contributed by atoms with van der Waals surface area (Å²) in [6.45, 7) is 1.27. The van der Waals surface area contributed by atoms with Crippen molar-refractivity contribution in [2.24, 2.45) is 0 Å². The molecule has 1 aromatic carbocycles. The number of nitrogens with zero attached hydrogens (tertiary/aromatic N) is 1. The molecule has 0 N–H and O–H groups in total. The number of alkyl halides is 1. The molecule has 0 aliphatic carbocycles. The van der Waals surface area contributed by atoms with Crippen molar-refractivity contribution in [3.63, 3.8) is 0 Å². The monoisotopic (exact) mass is 221 g/mol. The first-order chi connectivity index (χ1) is 7.77. The van der Waals surface area contributed by atoms with Gasteiger partial charge in [0, 0.05) is 5.39 Å². The fourth-order valence-corrected chi connectivity index (χ4v) is 1.71. The zero-order valence-electron chi connectivity index (χ0n) is 8.94. The van der Waals surface area contributed by atoms with Crippen molar-refractivity contribution in [2.75, 3.05) is 6.61 Å². The number of halogens is 1. The third kappa shape index (κ3) is 1.66. The Morgan fingerprint density at radius 1 is 1.44 bits per heavy atom. The van der Waals surface area contributed by atoms with Crippen LogP contribution in [0.4, 0.5) is 4.39 Å². The SMILES string of the molecule is CCOC(=O)c1cc2ccccc2n1CF. The van der Waals surface area contributed by atoms with Gasteiger partial charge in [-0.1, -0.05) is 18.2 Å². The lowest BCUT2D eigenvalue weighted by atomic mass is 10.2. The predicted octanol–water partition coefficient (Wildman–Crippen LogP) is 2.75. The molecular formula is C12H12FNO2. The van der Waals surface area contributed by atoms with E-state index in [2.05, 4.69) is 0 Å². The van der Waals surface area contributed by atoms with Crippen LogP contribution in [0.3, 0.4) is 0 Å². The summed E-state index contributed by atoms with van der Waals surface area (Å²) < 4.78 is 19.1. The van der Waals surface area contributed by atoms with Crippen LogP contribution in [0.5, 0.6) is 0 Å². The topological polar surface area (TPSA) is 31.2 Å². The van der Waals surface area contributed by atoms with E-state index in [1.165, 1.54) is 4.57 Å². The Morgan fingerprint density at radius 2 is 2.19 bits per heavy atom. The van der Waals surface area contributed by atoms with Crippen molar-refractivity contribution >= 4 is 16.9 Å². The van der Waals surface area contributed by atoms with Gasteiger partial charge in [0.2, 0.25) is 0 Å². The van der Waals surface area contributed by atoms with E-state index in [9.17, 15) is 9.18 Å². The van der Waals surface area contributed by atoms with Crippen LogP contribution < -0.4 is 0 Å². The van der Waals surface area contributed by atoms with E-state index < -0.39 is 12.8 Å². The normalized spacial score (nSPS) is 10.6. The lowest BCUT2D eigenvalue weighted by Gasteiger charge is -2.04. The van der Waals surface area contributed by atoms with Crippen LogP contribution in [-0.4, -0.2) is 17.1 Å². The Morgan fingerprint density at radius 3 is 2.88 bits per heavy atom. The third-order valence-electron chi connectivity index (χ3n) is 2.41. The maximum atomic E-state index is 12.9. The van der Waals surface area contributed by atoms with Gasteiger partial charge in [-0.3, -0.25) is 0 Å². The van der Waals surface area contributed by atoms with E-state index in [0.29, 0.717) is 5.52 Å². The molecule has 0 fully saturated rings. The van der Waals surface area contributed by atoms with Crippen LogP contribution >= 0.6 is 0 Å². The molecule has 0 saturated heterocycles. The molecule has 2 rings (SSSR count). The number of carbonyl (C=O) groups excluding carboxylic acids is 1. The minimum absolute atomic E-state index is 0.255. The molecule has 0 aliphatic heterocycles. The highest BCUT2D eigenvalue weighted by atomic mass is 19.1. The number of ether oxygens (including phenoxy) is 1. The molecule has 0 saturated carbocycles. The molecule has 0 aliphatic rings. The summed E-state index contributed by atoms with van der Waals surface area (Å²) in [6.07, 6.45) is 0. The highest BCUT2D eigenvalue weighted by Crippen LogP contribution is 2.20. The van der Waals surface area contributed by atoms with E-state index in [4.69, 9.17) is 4.74 Å². The fraction of sp³-hybridized carbons (Fsp3) is 0.250. The largest absolute Gasteiger partial charge is 0.461 e. The minimum Gasteiger partial charge on any atom is -0.461 e. The number of aromatic nitrogens is 1. The number of fused-ring (bicyclic) bond motifs is 1. The van der Waals surface area contributed by atoms with Crippen molar-refractivity contribution in [3.8, 4) is 0 Å². The first-order valence-corrected chi connectivity index (χ1v) is 5.09. The average molecular weight is 221 g/mol. The molecule has 0 bridgehead atoms. The third-order valence-corrected chi connectivity index (χ3v) is 2.41. The van der Waals surface area contributed by atoms with E-state index in [1.54, 1.807) is 19.1 Å². The van der Waals surface area contributed by atoms with Gasteiger partial charge in [0.15, 0.2) is 6.80 Å². The minimum atomic E-state index is -0.734. The van der Waals surface area contributed by atoms with Crippen molar-refractivity contribution < 1.29 is 13.9 Å². The molecule has 0 radical (unpaired) electrons. The molecule has 0 amide bonds. The summed E-state index contributed by atoms with van der Waals surface area (Å²) in [5, 5.41) is 0.836. The zero-order chi connectivity index (χ0) is 11.5. The molecule has 3 nitrogen and oxygen atoms in total. The molecule has 1 aromatic heterocycles. The molecule has 84 valence electrons. The summed E-state index contributed by atoms with van der Waals surface area (Å²) in [4.78, 5) is 11.6. The smallest absolute Gasteiger partial charge is 0.355 e. The highest BCUT2D eigenvalue weighted by molar-refractivity contribution is 5.95. The summed E-state index contributed by atoms with van der Waals surface area (Å²) in [5.41, 5.74) is 0.957. The lowest BCUT2D eigenvalue weighted by Crippen LogP contribution is -2.10. The van der Waals surface area contributed by atoms with Gasteiger partial charge >= 0.3 is 5.97 Å². The lowest BCUT2D eigenvalue weighted by molar-refractivity contribution is 0.0511. The maximum absolute atomic E-state index is 12.9. The van der Waals surface area contributed by atoms with Crippen molar-refractivity contribution in [3.05, 3.63) is 36.0 Å². The van der Waals surface area contributed by atoms with Gasteiger partial charge in [0.05, 0.1) is 12.1 Å². The Kier molecular flexibility index (Phi) is 2.90. The van der Waals surface area contributed by atoms with E-state index in [-0.39, 0.29) is 12.3 Å². The second-order valence-electron chi connectivity index (χ2n) is 3.36. The standard InChI is InChI=1S/C12H12FNO2/c1-2-16-12(15)11-7-9-5-3-4-6-10(9)14(11)8-13/h3-7H,2,8H2,1H3. The first-order valence-electron chi connectivity index (χ1n) is 5.09. The summed E-state index contributed by atoms with van der Waals surface area (Å²) in [5.74, 6) is -0.489. The van der Waals surface area contributed by atoms with Crippen LogP contribution in [0.15, 0.2) is 30.3 Å². The molecular weight excluding hydrogens is 209 g/mol. The number of benzene rings is 1. The van der Waals surface area contributed by atoms with E-state index in [0.717, 1.165) is 5.39 Å². The van der Waals surface area contributed by atoms with Crippen LogP contribution in [0.2, 0.25) is 0 Å². The van der Waals surface area contributed by atoms with Gasteiger partial charge in [0.1, 0.15) is 5.69 Å². The highest BCUT2D eigenvalue weighted by Gasteiger charge is 2.15. The van der Waals surface area contributed by atoms with Gasteiger partial charge in [0.25, 0.3) is 0 Å². The van der Waals surface area contributed by atoms with Crippen molar-refractivity contribution in [1.29, 1.82) is 0 Å². The Hall–Kier alpha value is -1.84. The maximum Gasteiger partial charge on any atom is 0.355 e. The van der Waals surface area contributed by atoms with E-state index >= 15 is 0 Å². The second-order valence-corrected chi connectivity index (χ2v) is 3.36. The number of rotatable bonds is 3. The Labute approximate surface area is 92.4 Å². The van der Waals surface area contributed by atoms with Gasteiger partial charge in [-0.2, -0.15) is 0 Å². The number of para-hydroxylation sites is 1. The molecule has 1 heterocycles. The molecule has 2 aromatic rings.